The highest BCUT2D eigenvalue weighted by Gasteiger charge is 2.50. The van der Waals surface area contributed by atoms with Gasteiger partial charge in [0.25, 0.3) is 5.91 Å². The van der Waals surface area contributed by atoms with Gasteiger partial charge in [0.05, 0.1) is 23.8 Å². The van der Waals surface area contributed by atoms with E-state index in [-0.39, 0.29) is 40.3 Å². The largest absolute Gasteiger partial charge is 0.382 e. The molecular formula is C25H24N10O3S2. The van der Waals surface area contributed by atoms with Crippen molar-refractivity contribution in [1.29, 1.82) is 0 Å². The Bertz CT molecular complexity index is 1870. The maximum Gasteiger partial charge on any atom is 0.276 e. The lowest BCUT2D eigenvalue weighted by atomic mass is 9.72. The van der Waals surface area contributed by atoms with Gasteiger partial charge in [0.1, 0.15) is 15.7 Å². The molecule has 204 valence electrons. The number of rotatable bonds is 5. The molecule has 0 radical (unpaired) electrons. The zero-order chi connectivity index (χ0) is 27.8. The van der Waals surface area contributed by atoms with Crippen LogP contribution in [0.15, 0.2) is 41.0 Å². The minimum absolute atomic E-state index is 0.0112. The molecule has 3 N–H and O–H groups in total. The van der Waals surface area contributed by atoms with Crippen molar-refractivity contribution in [2.24, 2.45) is 0 Å². The molecule has 1 amide bonds. The molecule has 40 heavy (non-hydrogen) atoms. The molecular weight excluding hydrogens is 552 g/mol. The lowest BCUT2D eigenvalue weighted by molar-refractivity contribution is -0.0201. The Morgan fingerprint density at radius 1 is 1.12 bits per heavy atom. The third-order valence-electron chi connectivity index (χ3n) is 7.65. The predicted octanol–water partition coefficient (Wildman–Crippen LogP) is 2.49. The van der Waals surface area contributed by atoms with Gasteiger partial charge in [-0.05, 0) is 32.3 Å². The van der Waals surface area contributed by atoms with Gasteiger partial charge in [-0.15, -0.1) is 11.3 Å². The molecule has 5 aromatic heterocycles. The first-order valence-corrected chi connectivity index (χ1v) is 15.4. The molecule has 8 rings (SSSR count). The Labute approximate surface area is 232 Å². The summed E-state index contributed by atoms with van der Waals surface area (Å²) in [5.74, 6) is -0.355. The molecule has 5 aromatic rings. The van der Waals surface area contributed by atoms with Crippen molar-refractivity contribution < 1.29 is 13.2 Å². The van der Waals surface area contributed by atoms with Crippen LogP contribution in [-0.4, -0.2) is 77.5 Å². The minimum Gasteiger partial charge on any atom is -0.382 e. The number of carbonyl (C=O) groups excluding carboxylic acids is 1. The quantitative estimate of drug-likeness (QED) is 0.316. The highest BCUT2D eigenvalue weighted by molar-refractivity contribution is 7.91. The Hall–Kier alpha value is -4.24. The van der Waals surface area contributed by atoms with Crippen molar-refractivity contribution in [3.05, 3.63) is 53.2 Å². The second kappa shape index (κ2) is 8.89. The second-order valence-corrected chi connectivity index (χ2v) is 13.1. The van der Waals surface area contributed by atoms with Crippen molar-refractivity contribution in [1.82, 2.24) is 44.9 Å². The first-order valence-electron chi connectivity index (χ1n) is 12.6. The first kappa shape index (κ1) is 24.8. The number of nitrogens with one attached hydrogen (secondary N) is 1. The first-order chi connectivity index (χ1) is 19.2. The number of aryl methyl sites for hydroxylation is 1. The van der Waals surface area contributed by atoms with Gasteiger partial charge in [-0.1, -0.05) is 6.07 Å². The summed E-state index contributed by atoms with van der Waals surface area (Å²) in [5, 5.41) is 17.3. The number of nitrogens with two attached hydrogens (primary N) is 1. The van der Waals surface area contributed by atoms with Gasteiger partial charge >= 0.3 is 0 Å². The number of aromatic nitrogens is 8. The maximum absolute atomic E-state index is 13.0. The van der Waals surface area contributed by atoms with Crippen molar-refractivity contribution in [2.45, 2.75) is 49.1 Å². The fourth-order valence-corrected chi connectivity index (χ4v) is 7.73. The number of H-pyrrole nitrogens is 1. The second-order valence-electron chi connectivity index (χ2n) is 10.3. The number of aromatic amines is 1. The van der Waals surface area contributed by atoms with E-state index >= 15 is 0 Å². The van der Waals surface area contributed by atoms with E-state index in [0.717, 1.165) is 34.6 Å². The molecule has 1 unspecified atom stereocenters. The summed E-state index contributed by atoms with van der Waals surface area (Å²) in [5.41, 5.74) is 10.8. The number of hydrogen-bond acceptors (Lipinski definition) is 11. The lowest BCUT2D eigenvalue weighted by Crippen LogP contribution is -2.62. The minimum atomic E-state index is -3.73. The van der Waals surface area contributed by atoms with Gasteiger partial charge < -0.3 is 10.6 Å². The van der Waals surface area contributed by atoms with E-state index in [1.165, 1.54) is 22.0 Å². The van der Waals surface area contributed by atoms with Crippen LogP contribution >= 0.6 is 11.3 Å². The number of hydrogen-bond donors (Lipinski definition) is 2. The SMILES string of the molecule is Cc1csc(-c2ccc(-c3cnn4c(N)c(S(C)(=O)=O)c([C@@H]5CC6C[C@@H](C5)N6C(=O)c5cn[nH]n5)nc34)cn2)n1. The standard InChI is InChI=1S/C25H24N10O3S2/c1-12-11-39-24(30-12)18-4-3-13(8-27-18)17-9-29-35-22(26)21(40(2,37)38)20(31-23(17)35)14-5-15-7-16(6-14)34(15)25(36)19-10-28-33-32-19/h3-4,8-11,14-16H,5-7,26H2,1-2H3,(H,28,32,33)/t14-,15+,16?/m0/s1. The normalized spacial score (nSPS) is 20.6. The van der Waals surface area contributed by atoms with Gasteiger partial charge in [0, 0.05) is 52.7 Å². The summed E-state index contributed by atoms with van der Waals surface area (Å²) >= 11 is 1.53. The smallest absolute Gasteiger partial charge is 0.276 e. The van der Waals surface area contributed by atoms with Crippen LogP contribution in [0, 0.1) is 6.92 Å². The van der Waals surface area contributed by atoms with Crippen LogP contribution in [0.1, 0.15) is 47.1 Å². The number of sulfone groups is 1. The third kappa shape index (κ3) is 3.87. The number of nitrogens with zero attached hydrogens (tertiary/aromatic N) is 8. The van der Waals surface area contributed by atoms with Crippen molar-refractivity contribution >= 4 is 38.5 Å². The molecule has 1 aliphatic carbocycles. The topological polar surface area (TPSA) is 178 Å². The van der Waals surface area contributed by atoms with E-state index < -0.39 is 9.84 Å². The Balaban J connectivity index is 1.27. The summed E-state index contributed by atoms with van der Waals surface area (Å²) in [6.45, 7) is 1.94. The average Bonchev–Trinajstić information content (AvgIpc) is 3.69. The lowest BCUT2D eigenvalue weighted by Gasteiger charge is -2.55. The molecule has 1 saturated carbocycles. The van der Waals surface area contributed by atoms with E-state index in [1.807, 2.05) is 29.3 Å². The highest BCUT2D eigenvalue weighted by Crippen LogP contribution is 2.47. The maximum atomic E-state index is 13.0. The van der Waals surface area contributed by atoms with Crippen LogP contribution in [0.25, 0.3) is 27.5 Å². The fraction of sp³-hybridized carbons (Fsp3) is 0.320. The number of piperidine rings is 1. The number of amides is 1. The van der Waals surface area contributed by atoms with Crippen LogP contribution in [0.2, 0.25) is 0 Å². The Morgan fingerprint density at radius 2 is 1.93 bits per heavy atom. The molecule has 0 aromatic carbocycles. The summed E-state index contributed by atoms with van der Waals surface area (Å²) in [6.07, 6.45) is 7.88. The number of carbonyl (C=O) groups is 1. The zero-order valence-corrected chi connectivity index (χ0v) is 23.1. The van der Waals surface area contributed by atoms with Crippen LogP contribution < -0.4 is 5.73 Å². The van der Waals surface area contributed by atoms with Gasteiger partial charge in [-0.2, -0.15) is 25.0 Å². The van der Waals surface area contributed by atoms with Gasteiger partial charge in [-0.3, -0.25) is 9.78 Å². The molecule has 13 nitrogen and oxygen atoms in total. The van der Waals surface area contributed by atoms with Crippen LogP contribution in [-0.2, 0) is 9.84 Å². The van der Waals surface area contributed by atoms with Crippen LogP contribution in [0.4, 0.5) is 5.82 Å². The van der Waals surface area contributed by atoms with Crippen molar-refractivity contribution in [3.8, 4) is 21.8 Å². The zero-order valence-electron chi connectivity index (χ0n) is 21.5. The number of anilines is 1. The van der Waals surface area contributed by atoms with Gasteiger partial charge in [-0.25, -0.2) is 18.4 Å². The highest BCUT2D eigenvalue weighted by atomic mass is 32.2. The molecule has 3 atom stereocenters. The summed E-state index contributed by atoms with van der Waals surface area (Å²) in [4.78, 5) is 28.7. The average molecular weight is 577 g/mol. The number of nitrogen functional groups attached to an aromatic ring is 1. The molecule has 3 aliphatic rings. The van der Waals surface area contributed by atoms with E-state index in [2.05, 4.69) is 30.5 Å². The predicted molar refractivity (Wildman–Crippen MR) is 146 cm³/mol. The fourth-order valence-electron chi connectivity index (χ4n) is 5.90. The molecule has 2 saturated heterocycles. The number of thiazole rings is 1. The molecule has 0 spiro atoms. The van der Waals surface area contributed by atoms with E-state index in [1.54, 1.807) is 12.4 Å². The molecule has 7 heterocycles. The van der Waals surface area contributed by atoms with Gasteiger partial charge in [0.15, 0.2) is 21.2 Å². The Kier molecular flexibility index (Phi) is 5.51. The summed E-state index contributed by atoms with van der Waals surface area (Å²) in [7, 11) is -3.73. The monoisotopic (exact) mass is 576 g/mol. The van der Waals surface area contributed by atoms with Crippen molar-refractivity contribution in [3.63, 3.8) is 0 Å². The van der Waals surface area contributed by atoms with E-state index in [9.17, 15) is 13.2 Å². The van der Waals surface area contributed by atoms with E-state index in [4.69, 9.17) is 10.7 Å². The van der Waals surface area contributed by atoms with Crippen LogP contribution in [0.5, 0.6) is 0 Å². The molecule has 2 bridgehead atoms. The summed E-state index contributed by atoms with van der Waals surface area (Å²) < 4.78 is 27.3. The third-order valence-corrected chi connectivity index (χ3v) is 9.79. The van der Waals surface area contributed by atoms with Crippen molar-refractivity contribution in [2.75, 3.05) is 12.0 Å². The van der Waals surface area contributed by atoms with E-state index in [0.29, 0.717) is 29.7 Å². The summed E-state index contributed by atoms with van der Waals surface area (Å²) in [6, 6.07) is 3.72. The van der Waals surface area contributed by atoms with Gasteiger partial charge in [0.2, 0.25) is 0 Å². The molecule has 3 fully saturated rings. The number of fused-ring (bicyclic) bond motifs is 3. The number of pyridine rings is 1. The molecule has 15 heteroatoms. The molecule has 2 aliphatic heterocycles. The Morgan fingerprint density at radius 3 is 2.55 bits per heavy atom. The van der Waals surface area contributed by atoms with Crippen LogP contribution in [0.3, 0.4) is 0 Å².